The molecule has 0 unspecified atom stereocenters. The zero-order chi connectivity index (χ0) is 14.4. The van der Waals surface area contributed by atoms with E-state index in [0.717, 1.165) is 25.9 Å². The third-order valence-corrected chi connectivity index (χ3v) is 2.97. The number of nitrogens with one attached hydrogen (secondary N) is 2. The monoisotopic (exact) mass is 280 g/mol. The standard InChI is InChI=1S/C12H20N6O2/c1-3-20-12-16-10(13-2)15-11(17-12)14-8-9(19)18-6-4-5-7-18/h3-8H2,1-2H3,(H2,13,14,15,16,17). The predicted molar refractivity (Wildman–Crippen MR) is 74.8 cm³/mol. The van der Waals surface area contributed by atoms with Crippen LogP contribution in [0.1, 0.15) is 19.8 Å². The van der Waals surface area contributed by atoms with E-state index in [-0.39, 0.29) is 18.5 Å². The summed E-state index contributed by atoms with van der Waals surface area (Å²) in [7, 11) is 1.71. The summed E-state index contributed by atoms with van der Waals surface area (Å²) in [5.74, 6) is 0.798. The first-order chi connectivity index (χ1) is 9.72. The Morgan fingerprint density at radius 3 is 2.60 bits per heavy atom. The summed E-state index contributed by atoms with van der Waals surface area (Å²) in [4.78, 5) is 26.1. The minimum Gasteiger partial charge on any atom is -0.464 e. The smallest absolute Gasteiger partial charge is 0.323 e. The Balaban J connectivity index is 1.97. The van der Waals surface area contributed by atoms with E-state index in [1.807, 2.05) is 11.8 Å². The summed E-state index contributed by atoms with van der Waals surface area (Å²) >= 11 is 0. The van der Waals surface area contributed by atoms with E-state index in [1.165, 1.54) is 0 Å². The molecule has 8 heteroatoms. The average molecular weight is 280 g/mol. The molecule has 8 nitrogen and oxygen atoms in total. The van der Waals surface area contributed by atoms with Crippen molar-refractivity contribution < 1.29 is 9.53 Å². The second kappa shape index (κ2) is 6.88. The topological polar surface area (TPSA) is 92.3 Å². The van der Waals surface area contributed by atoms with E-state index in [0.29, 0.717) is 18.5 Å². The molecule has 20 heavy (non-hydrogen) atoms. The highest BCUT2D eigenvalue weighted by Crippen LogP contribution is 2.11. The number of amides is 1. The van der Waals surface area contributed by atoms with Crippen molar-refractivity contribution in [2.45, 2.75) is 19.8 Å². The number of ether oxygens (including phenoxy) is 1. The van der Waals surface area contributed by atoms with Crippen LogP contribution in [-0.2, 0) is 4.79 Å². The van der Waals surface area contributed by atoms with E-state index in [2.05, 4.69) is 25.6 Å². The number of hydrogen-bond donors (Lipinski definition) is 2. The molecule has 1 amide bonds. The van der Waals surface area contributed by atoms with Gasteiger partial charge in [0.1, 0.15) is 0 Å². The first kappa shape index (κ1) is 14.3. The second-order valence-electron chi connectivity index (χ2n) is 4.39. The van der Waals surface area contributed by atoms with Gasteiger partial charge in [0.2, 0.25) is 17.8 Å². The van der Waals surface area contributed by atoms with Gasteiger partial charge in [0.05, 0.1) is 13.2 Å². The number of nitrogens with zero attached hydrogens (tertiary/aromatic N) is 4. The zero-order valence-corrected chi connectivity index (χ0v) is 11.8. The van der Waals surface area contributed by atoms with Crippen molar-refractivity contribution in [2.24, 2.45) is 0 Å². The van der Waals surface area contributed by atoms with Gasteiger partial charge < -0.3 is 20.3 Å². The molecule has 1 aromatic rings. The zero-order valence-electron chi connectivity index (χ0n) is 11.8. The molecule has 1 aromatic heterocycles. The van der Waals surface area contributed by atoms with Crippen molar-refractivity contribution in [3.63, 3.8) is 0 Å². The van der Waals surface area contributed by atoms with Crippen LogP contribution in [0.2, 0.25) is 0 Å². The van der Waals surface area contributed by atoms with Gasteiger partial charge in [-0.2, -0.15) is 15.0 Å². The minimum absolute atomic E-state index is 0.0619. The van der Waals surface area contributed by atoms with Crippen molar-refractivity contribution in [3.05, 3.63) is 0 Å². The molecule has 0 atom stereocenters. The van der Waals surface area contributed by atoms with Gasteiger partial charge in [0.25, 0.3) is 0 Å². The fraction of sp³-hybridized carbons (Fsp3) is 0.667. The summed E-state index contributed by atoms with van der Waals surface area (Å²) < 4.78 is 5.26. The fourth-order valence-corrected chi connectivity index (χ4v) is 1.97. The van der Waals surface area contributed by atoms with Crippen molar-refractivity contribution in [2.75, 3.05) is 43.9 Å². The summed E-state index contributed by atoms with van der Waals surface area (Å²) in [6, 6.07) is 0.239. The molecule has 0 bridgehead atoms. The number of aromatic nitrogens is 3. The number of likely N-dealkylation sites (tertiary alicyclic amines) is 1. The van der Waals surface area contributed by atoms with Crippen LogP contribution < -0.4 is 15.4 Å². The van der Waals surface area contributed by atoms with E-state index < -0.39 is 0 Å². The molecule has 110 valence electrons. The van der Waals surface area contributed by atoms with Gasteiger partial charge in [-0.1, -0.05) is 0 Å². The number of hydrogen-bond acceptors (Lipinski definition) is 7. The van der Waals surface area contributed by atoms with Gasteiger partial charge in [-0.25, -0.2) is 0 Å². The van der Waals surface area contributed by atoms with Crippen molar-refractivity contribution in [1.82, 2.24) is 19.9 Å². The summed E-state index contributed by atoms with van der Waals surface area (Å²) in [6.07, 6.45) is 2.16. The normalized spacial score (nSPS) is 14.2. The number of rotatable bonds is 6. The highest BCUT2D eigenvalue weighted by molar-refractivity contribution is 5.80. The average Bonchev–Trinajstić information content (AvgIpc) is 2.99. The van der Waals surface area contributed by atoms with Gasteiger partial charge in [-0.15, -0.1) is 0 Å². The first-order valence-electron chi connectivity index (χ1n) is 6.81. The van der Waals surface area contributed by atoms with Crippen LogP contribution in [0.15, 0.2) is 0 Å². The molecule has 2 rings (SSSR count). The highest BCUT2D eigenvalue weighted by atomic mass is 16.5. The minimum atomic E-state index is 0.0619. The Kier molecular flexibility index (Phi) is 4.91. The second-order valence-corrected chi connectivity index (χ2v) is 4.39. The Hall–Kier alpha value is -2.12. The quantitative estimate of drug-likeness (QED) is 0.776. The van der Waals surface area contributed by atoms with Crippen LogP contribution in [-0.4, -0.2) is 59.0 Å². The van der Waals surface area contributed by atoms with Crippen LogP contribution in [0.5, 0.6) is 6.01 Å². The van der Waals surface area contributed by atoms with Crippen LogP contribution in [0.3, 0.4) is 0 Å². The molecule has 0 radical (unpaired) electrons. The molecule has 0 saturated carbocycles. The van der Waals surface area contributed by atoms with Crippen LogP contribution in [0.25, 0.3) is 0 Å². The van der Waals surface area contributed by atoms with Gasteiger partial charge in [-0.3, -0.25) is 4.79 Å². The lowest BCUT2D eigenvalue weighted by Crippen LogP contribution is -2.33. The van der Waals surface area contributed by atoms with Crippen LogP contribution in [0, 0.1) is 0 Å². The van der Waals surface area contributed by atoms with Crippen molar-refractivity contribution >= 4 is 17.8 Å². The molecule has 0 spiro atoms. The van der Waals surface area contributed by atoms with E-state index >= 15 is 0 Å². The molecule has 1 fully saturated rings. The Morgan fingerprint density at radius 2 is 1.95 bits per heavy atom. The lowest BCUT2D eigenvalue weighted by molar-refractivity contribution is -0.128. The molecular formula is C12H20N6O2. The van der Waals surface area contributed by atoms with Crippen LogP contribution in [0.4, 0.5) is 11.9 Å². The molecule has 2 heterocycles. The van der Waals surface area contributed by atoms with Gasteiger partial charge in [0, 0.05) is 20.1 Å². The maximum absolute atomic E-state index is 11.9. The first-order valence-corrected chi connectivity index (χ1v) is 6.81. The maximum atomic E-state index is 11.9. The van der Waals surface area contributed by atoms with Gasteiger partial charge in [-0.05, 0) is 19.8 Å². The summed E-state index contributed by atoms with van der Waals surface area (Å²) in [5.41, 5.74) is 0. The molecule has 1 saturated heterocycles. The van der Waals surface area contributed by atoms with Gasteiger partial charge >= 0.3 is 6.01 Å². The van der Waals surface area contributed by atoms with E-state index in [1.54, 1.807) is 7.05 Å². The fourth-order valence-electron chi connectivity index (χ4n) is 1.97. The molecule has 2 N–H and O–H groups in total. The number of carbonyl (C=O) groups excluding carboxylic acids is 1. The Morgan fingerprint density at radius 1 is 1.25 bits per heavy atom. The predicted octanol–water partition coefficient (Wildman–Crippen LogP) is 0.346. The largest absolute Gasteiger partial charge is 0.464 e. The molecule has 0 aliphatic carbocycles. The number of anilines is 2. The third kappa shape index (κ3) is 3.69. The molecule has 0 aromatic carbocycles. The maximum Gasteiger partial charge on any atom is 0.323 e. The Labute approximate surface area is 118 Å². The highest BCUT2D eigenvalue weighted by Gasteiger charge is 2.18. The van der Waals surface area contributed by atoms with E-state index in [9.17, 15) is 4.79 Å². The summed E-state index contributed by atoms with van der Waals surface area (Å²) in [6.45, 7) is 4.18. The Bertz CT molecular complexity index is 461. The number of carbonyl (C=O) groups is 1. The SMILES string of the molecule is CCOc1nc(NC)nc(NCC(=O)N2CCCC2)n1. The molecule has 1 aliphatic rings. The third-order valence-electron chi connectivity index (χ3n) is 2.97. The lowest BCUT2D eigenvalue weighted by atomic mass is 10.4. The lowest BCUT2D eigenvalue weighted by Gasteiger charge is -2.15. The van der Waals surface area contributed by atoms with Gasteiger partial charge in [0.15, 0.2) is 0 Å². The van der Waals surface area contributed by atoms with Crippen molar-refractivity contribution in [3.8, 4) is 6.01 Å². The van der Waals surface area contributed by atoms with E-state index in [4.69, 9.17) is 4.74 Å². The van der Waals surface area contributed by atoms with Crippen LogP contribution >= 0.6 is 0 Å². The molecular weight excluding hydrogens is 260 g/mol. The van der Waals surface area contributed by atoms with Crippen molar-refractivity contribution in [1.29, 1.82) is 0 Å². The summed E-state index contributed by atoms with van der Waals surface area (Å²) in [5, 5.41) is 5.75. The molecule has 1 aliphatic heterocycles.